The molecule has 1 aliphatic rings. The van der Waals surface area contributed by atoms with E-state index in [4.69, 9.17) is 5.73 Å². The number of hydrogen-bond donors (Lipinski definition) is 1. The molecule has 3 rings (SSSR count). The number of nitrogens with two attached hydrogens (primary N) is 1. The van der Waals surface area contributed by atoms with Crippen molar-refractivity contribution in [1.82, 2.24) is 4.90 Å². The predicted octanol–water partition coefficient (Wildman–Crippen LogP) is 2.60. The van der Waals surface area contributed by atoms with E-state index in [1.54, 1.807) is 6.92 Å². The van der Waals surface area contributed by atoms with Crippen molar-refractivity contribution in [2.75, 3.05) is 0 Å². The van der Waals surface area contributed by atoms with Gasteiger partial charge in [0, 0.05) is 20.0 Å². The molecule has 1 aliphatic heterocycles. The Balaban J connectivity index is 1.88. The third-order valence-electron chi connectivity index (χ3n) is 3.92. The zero-order chi connectivity index (χ0) is 14.1. The molecule has 0 aromatic heterocycles. The van der Waals surface area contributed by atoms with E-state index < -0.39 is 0 Å². The number of rotatable bonds is 2. The molecule has 1 unspecified atom stereocenters. The largest absolute Gasteiger partial charge is 0.334 e. The average Bonchev–Trinajstić information content (AvgIpc) is 2.90. The lowest BCUT2D eigenvalue weighted by atomic mass is 9.96. The van der Waals surface area contributed by atoms with Gasteiger partial charge in [-0.1, -0.05) is 48.5 Å². The molecule has 2 aromatic carbocycles. The van der Waals surface area contributed by atoms with Gasteiger partial charge >= 0.3 is 0 Å². The minimum atomic E-state index is -0.118. The average molecular weight is 266 g/mol. The molecular weight excluding hydrogens is 248 g/mol. The summed E-state index contributed by atoms with van der Waals surface area (Å²) in [6.45, 7) is 3.02. The third-order valence-corrected chi connectivity index (χ3v) is 3.92. The summed E-state index contributed by atoms with van der Waals surface area (Å²) < 4.78 is 0. The van der Waals surface area contributed by atoms with Crippen LogP contribution in [0.3, 0.4) is 0 Å². The second-order valence-corrected chi connectivity index (χ2v) is 5.29. The Labute approximate surface area is 119 Å². The minimum Gasteiger partial charge on any atom is -0.334 e. The normalized spacial score (nSPS) is 15.0. The number of nitrogens with zero attached hydrogens (tertiary/aromatic N) is 1. The van der Waals surface area contributed by atoms with Gasteiger partial charge in [0.25, 0.3) is 0 Å². The quantitative estimate of drug-likeness (QED) is 0.908. The Morgan fingerprint density at radius 2 is 1.75 bits per heavy atom. The number of hydrogen-bond acceptors (Lipinski definition) is 2. The van der Waals surface area contributed by atoms with Crippen LogP contribution < -0.4 is 5.73 Å². The summed E-state index contributed by atoms with van der Waals surface area (Å²) in [5.74, 6) is 0.120. The first kappa shape index (κ1) is 12.9. The summed E-state index contributed by atoms with van der Waals surface area (Å²) in [6, 6.07) is 16.3. The van der Waals surface area contributed by atoms with Gasteiger partial charge in [-0.25, -0.2) is 0 Å². The van der Waals surface area contributed by atoms with E-state index in [0.717, 1.165) is 11.1 Å². The van der Waals surface area contributed by atoms with Gasteiger partial charge in [0.2, 0.25) is 5.91 Å². The van der Waals surface area contributed by atoms with Crippen LogP contribution in [0.1, 0.15) is 35.2 Å². The molecule has 1 heterocycles. The van der Waals surface area contributed by atoms with Crippen molar-refractivity contribution in [1.29, 1.82) is 0 Å². The molecule has 1 amide bonds. The number of carbonyl (C=O) groups is 1. The second kappa shape index (κ2) is 5.10. The Bertz CT molecular complexity index is 637. The summed E-state index contributed by atoms with van der Waals surface area (Å²) in [6.07, 6.45) is 0. The van der Waals surface area contributed by atoms with E-state index in [9.17, 15) is 4.79 Å². The first-order chi connectivity index (χ1) is 9.65. The van der Waals surface area contributed by atoms with Crippen LogP contribution in [0.25, 0.3) is 0 Å². The maximum atomic E-state index is 11.5. The highest BCUT2D eigenvalue weighted by molar-refractivity contribution is 5.74. The van der Waals surface area contributed by atoms with Crippen molar-refractivity contribution in [2.24, 2.45) is 5.73 Å². The summed E-state index contributed by atoms with van der Waals surface area (Å²) in [5, 5.41) is 0. The van der Waals surface area contributed by atoms with E-state index in [1.807, 2.05) is 35.2 Å². The first-order valence-electron chi connectivity index (χ1n) is 6.83. The van der Waals surface area contributed by atoms with Crippen LogP contribution in [0.5, 0.6) is 0 Å². The zero-order valence-electron chi connectivity index (χ0n) is 11.5. The van der Waals surface area contributed by atoms with Crippen molar-refractivity contribution in [2.45, 2.75) is 26.1 Å². The standard InChI is InChI=1S/C17H18N2O/c1-12(20)19-10-15-8-7-14(9-16(15)11-19)17(18)13-5-3-2-4-6-13/h2-9,17H,10-11,18H2,1H3. The Morgan fingerprint density at radius 3 is 2.45 bits per heavy atom. The van der Waals surface area contributed by atoms with Gasteiger partial charge in [0.05, 0.1) is 6.04 Å². The van der Waals surface area contributed by atoms with Crippen LogP contribution in [0.4, 0.5) is 0 Å². The highest BCUT2D eigenvalue weighted by Crippen LogP contribution is 2.27. The highest BCUT2D eigenvalue weighted by atomic mass is 16.2. The van der Waals surface area contributed by atoms with Gasteiger partial charge in [-0.2, -0.15) is 0 Å². The molecule has 2 N–H and O–H groups in total. The molecule has 0 saturated carbocycles. The summed E-state index contributed by atoms with van der Waals surface area (Å²) in [5.41, 5.74) is 11.0. The molecule has 0 saturated heterocycles. The molecule has 20 heavy (non-hydrogen) atoms. The third kappa shape index (κ3) is 2.32. The van der Waals surface area contributed by atoms with Crippen LogP contribution in [-0.4, -0.2) is 10.8 Å². The fourth-order valence-corrected chi connectivity index (χ4v) is 2.68. The highest BCUT2D eigenvalue weighted by Gasteiger charge is 2.21. The van der Waals surface area contributed by atoms with Gasteiger partial charge in [-0.05, 0) is 22.3 Å². The van der Waals surface area contributed by atoms with Crippen molar-refractivity contribution in [3.8, 4) is 0 Å². The van der Waals surface area contributed by atoms with E-state index in [0.29, 0.717) is 13.1 Å². The van der Waals surface area contributed by atoms with Crippen molar-refractivity contribution in [3.63, 3.8) is 0 Å². The SMILES string of the molecule is CC(=O)N1Cc2ccc(C(N)c3ccccc3)cc2C1. The maximum absolute atomic E-state index is 11.5. The minimum absolute atomic E-state index is 0.118. The summed E-state index contributed by atoms with van der Waals surface area (Å²) in [4.78, 5) is 13.3. The lowest BCUT2D eigenvalue weighted by molar-refractivity contribution is -0.129. The Kier molecular flexibility index (Phi) is 3.28. The van der Waals surface area contributed by atoms with Gasteiger partial charge in [0.15, 0.2) is 0 Å². The molecule has 0 radical (unpaired) electrons. The molecule has 1 atom stereocenters. The molecule has 102 valence electrons. The van der Waals surface area contributed by atoms with E-state index in [-0.39, 0.29) is 11.9 Å². The molecular formula is C17H18N2O. The Morgan fingerprint density at radius 1 is 1.05 bits per heavy atom. The first-order valence-corrected chi connectivity index (χ1v) is 6.83. The molecule has 0 spiro atoms. The number of carbonyl (C=O) groups excluding carboxylic acids is 1. The van der Waals surface area contributed by atoms with Crippen LogP contribution in [-0.2, 0) is 17.9 Å². The fraction of sp³-hybridized carbons (Fsp3) is 0.235. The van der Waals surface area contributed by atoms with Gasteiger partial charge in [0.1, 0.15) is 0 Å². The predicted molar refractivity (Wildman–Crippen MR) is 78.8 cm³/mol. The number of benzene rings is 2. The summed E-state index contributed by atoms with van der Waals surface area (Å²) >= 11 is 0. The topological polar surface area (TPSA) is 46.3 Å². The van der Waals surface area contributed by atoms with E-state index >= 15 is 0 Å². The number of amides is 1. The van der Waals surface area contributed by atoms with Crippen molar-refractivity contribution < 1.29 is 4.79 Å². The zero-order valence-corrected chi connectivity index (χ0v) is 11.5. The second-order valence-electron chi connectivity index (χ2n) is 5.29. The van der Waals surface area contributed by atoms with Gasteiger partial charge < -0.3 is 10.6 Å². The van der Waals surface area contributed by atoms with Crippen LogP contribution in [0, 0.1) is 0 Å². The molecule has 0 bridgehead atoms. The van der Waals surface area contributed by atoms with Crippen molar-refractivity contribution in [3.05, 3.63) is 70.8 Å². The van der Waals surface area contributed by atoms with Crippen LogP contribution >= 0.6 is 0 Å². The van der Waals surface area contributed by atoms with Gasteiger partial charge in [-0.3, -0.25) is 4.79 Å². The van der Waals surface area contributed by atoms with E-state index in [2.05, 4.69) is 18.2 Å². The lowest BCUT2D eigenvalue weighted by Crippen LogP contribution is -2.21. The maximum Gasteiger partial charge on any atom is 0.220 e. The molecule has 0 aliphatic carbocycles. The summed E-state index contributed by atoms with van der Waals surface area (Å²) in [7, 11) is 0. The number of fused-ring (bicyclic) bond motifs is 1. The van der Waals surface area contributed by atoms with E-state index in [1.165, 1.54) is 11.1 Å². The fourth-order valence-electron chi connectivity index (χ4n) is 2.68. The van der Waals surface area contributed by atoms with Gasteiger partial charge in [-0.15, -0.1) is 0 Å². The molecule has 2 aromatic rings. The molecule has 0 fully saturated rings. The molecule has 3 nitrogen and oxygen atoms in total. The van der Waals surface area contributed by atoms with Crippen LogP contribution in [0.15, 0.2) is 48.5 Å². The van der Waals surface area contributed by atoms with Crippen molar-refractivity contribution >= 4 is 5.91 Å². The Hall–Kier alpha value is -2.13. The smallest absolute Gasteiger partial charge is 0.220 e. The van der Waals surface area contributed by atoms with Crippen LogP contribution in [0.2, 0.25) is 0 Å². The monoisotopic (exact) mass is 266 g/mol. The molecule has 3 heteroatoms. The lowest BCUT2D eigenvalue weighted by Gasteiger charge is -2.13.